The maximum absolute atomic E-state index is 12.2. The van der Waals surface area contributed by atoms with E-state index in [0.717, 1.165) is 15.1 Å². The summed E-state index contributed by atoms with van der Waals surface area (Å²) in [5.41, 5.74) is -0.968. The average molecular weight is 392 g/mol. The van der Waals surface area contributed by atoms with E-state index in [2.05, 4.69) is 25.3 Å². The SMILES string of the molecule is O=c1[nH]c2cc([N+](=O)[O-])c(-n3cncn3)cc2n2c(CP(=O)(O)O)nnc12. The van der Waals surface area contributed by atoms with E-state index in [0.29, 0.717) is 0 Å². The van der Waals surface area contributed by atoms with Gasteiger partial charge in [0, 0.05) is 6.07 Å². The number of nitrogens with zero attached hydrogens (tertiary/aromatic N) is 7. The second kappa shape index (κ2) is 5.77. The quantitative estimate of drug-likeness (QED) is 0.236. The first-order valence-electron chi connectivity index (χ1n) is 7.22. The standard InChI is InChI=1S/C12H9N8O6P/c21-12-11-17-16-10(3-27(24,25)26)19(11)7-2-8(18-5-13-4-14-18)9(20(22)23)1-6(7)15-12/h1-2,4-5H,3H2,(H,15,21)(H2,24,25,26). The number of benzene rings is 1. The van der Waals surface area contributed by atoms with E-state index in [1.165, 1.54) is 18.7 Å². The zero-order chi connectivity index (χ0) is 19.3. The highest BCUT2D eigenvalue weighted by Gasteiger charge is 2.24. The van der Waals surface area contributed by atoms with Gasteiger partial charge in [-0.3, -0.25) is 23.9 Å². The van der Waals surface area contributed by atoms with E-state index in [1.807, 2.05) is 0 Å². The number of hydrogen-bond acceptors (Lipinski definition) is 8. The van der Waals surface area contributed by atoms with Crippen molar-refractivity contribution in [2.24, 2.45) is 0 Å². The number of fused-ring (bicyclic) bond motifs is 3. The Hall–Kier alpha value is -3.48. The van der Waals surface area contributed by atoms with Crippen molar-refractivity contribution < 1.29 is 19.3 Å². The molecule has 1 aromatic carbocycles. The molecule has 4 aromatic rings. The number of aromatic nitrogens is 7. The van der Waals surface area contributed by atoms with Crippen LogP contribution in [0.25, 0.3) is 22.4 Å². The Bertz CT molecular complexity index is 1300. The lowest BCUT2D eigenvalue weighted by Crippen LogP contribution is -2.13. The van der Waals surface area contributed by atoms with Crippen LogP contribution in [0, 0.1) is 10.1 Å². The van der Waals surface area contributed by atoms with Crippen LogP contribution in [0.4, 0.5) is 5.69 Å². The molecule has 27 heavy (non-hydrogen) atoms. The monoisotopic (exact) mass is 392 g/mol. The Morgan fingerprint density at radius 2 is 2.07 bits per heavy atom. The van der Waals surface area contributed by atoms with Crippen LogP contribution in [0.3, 0.4) is 0 Å². The second-order valence-electron chi connectivity index (χ2n) is 5.51. The van der Waals surface area contributed by atoms with E-state index < -0.39 is 24.2 Å². The van der Waals surface area contributed by atoms with Crippen LogP contribution in [0.5, 0.6) is 0 Å². The second-order valence-corrected chi connectivity index (χ2v) is 7.15. The summed E-state index contributed by atoms with van der Waals surface area (Å²) in [6, 6.07) is 2.45. The fourth-order valence-corrected chi connectivity index (χ4v) is 3.27. The Kier molecular flexibility index (Phi) is 3.62. The van der Waals surface area contributed by atoms with E-state index in [9.17, 15) is 29.3 Å². The summed E-state index contributed by atoms with van der Waals surface area (Å²) in [6.45, 7) is 0. The minimum absolute atomic E-state index is 0.0363. The Labute approximate surface area is 147 Å². The molecule has 3 heterocycles. The number of nitro benzene ring substituents is 1. The summed E-state index contributed by atoms with van der Waals surface area (Å²) in [5, 5.41) is 22.6. The van der Waals surface area contributed by atoms with Crippen molar-refractivity contribution in [2.75, 3.05) is 0 Å². The van der Waals surface area contributed by atoms with Gasteiger partial charge in [0.15, 0.2) is 0 Å². The zero-order valence-corrected chi connectivity index (χ0v) is 14.0. The molecule has 4 rings (SSSR count). The van der Waals surface area contributed by atoms with E-state index in [1.54, 1.807) is 0 Å². The predicted octanol–water partition coefficient (Wildman–Crippen LogP) is -0.263. The van der Waals surface area contributed by atoms with Gasteiger partial charge in [0.25, 0.3) is 11.2 Å². The maximum Gasteiger partial charge on any atom is 0.333 e. The summed E-state index contributed by atoms with van der Waals surface area (Å²) in [4.78, 5) is 47.7. The number of rotatable bonds is 4. The van der Waals surface area contributed by atoms with Crippen molar-refractivity contribution >= 4 is 30.0 Å². The third-order valence-corrected chi connectivity index (χ3v) is 4.42. The summed E-state index contributed by atoms with van der Waals surface area (Å²) in [5.74, 6) is -0.159. The molecule has 0 aliphatic rings. The normalized spacial score (nSPS) is 12.1. The Morgan fingerprint density at radius 3 is 2.70 bits per heavy atom. The van der Waals surface area contributed by atoms with Crippen molar-refractivity contribution in [1.82, 2.24) is 34.3 Å². The highest BCUT2D eigenvalue weighted by Crippen LogP contribution is 2.39. The lowest BCUT2D eigenvalue weighted by atomic mass is 10.2. The number of aromatic amines is 1. The van der Waals surface area contributed by atoms with Crippen molar-refractivity contribution in [2.45, 2.75) is 6.16 Å². The van der Waals surface area contributed by atoms with Crippen LogP contribution < -0.4 is 5.56 Å². The van der Waals surface area contributed by atoms with Gasteiger partial charge in [-0.15, -0.1) is 10.2 Å². The third kappa shape index (κ3) is 2.87. The molecule has 138 valence electrons. The van der Waals surface area contributed by atoms with Crippen molar-refractivity contribution in [3.63, 3.8) is 0 Å². The molecule has 0 unspecified atom stereocenters. The smallest absolute Gasteiger partial charge is 0.324 e. The molecule has 3 N–H and O–H groups in total. The highest BCUT2D eigenvalue weighted by atomic mass is 31.2. The molecule has 0 saturated heterocycles. The summed E-state index contributed by atoms with van der Waals surface area (Å²) >= 11 is 0. The van der Waals surface area contributed by atoms with Gasteiger partial charge in [-0.25, -0.2) is 9.67 Å². The number of H-pyrrole nitrogens is 1. The van der Waals surface area contributed by atoms with Gasteiger partial charge in [0.2, 0.25) is 5.65 Å². The highest BCUT2D eigenvalue weighted by molar-refractivity contribution is 7.50. The number of nitro groups is 1. The van der Waals surface area contributed by atoms with Crippen LogP contribution >= 0.6 is 7.60 Å². The van der Waals surface area contributed by atoms with E-state index in [-0.39, 0.29) is 33.9 Å². The van der Waals surface area contributed by atoms with Gasteiger partial charge in [0.1, 0.15) is 30.3 Å². The van der Waals surface area contributed by atoms with Gasteiger partial charge >= 0.3 is 7.60 Å². The molecule has 0 aliphatic carbocycles. The molecule has 0 radical (unpaired) electrons. The fourth-order valence-electron chi connectivity index (χ4n) is 2.69. The molecule has 0 aliphatic heterocycles. The van der Waals surface area contributed by atoms with Gasteiger partial charge < -0.3 is 14.8 Å². The molecule has 0 atom stereocenters. The molecule has 14 nitrogen and oxygen atoms in total. The summed E-state index contributed by atoms with van der Waals surface area (Å²) in [6.07, 6.45) is 1.68. The van der Waals surface area contributed by atoms with Crippen LogP contribution in [0.1, 0.15) is 5.82 Å². The molecular formula is C12H9N8O6P. The van der Waals surface area contributed by atoms with E-state index >= 15 is 0 Å². The number of nitrogens with one attached hydrogen (secondary N) is 1. The minimum atomic E-state index is -4.51. The van der Waals surface area contributed by atoms with Crippen LogP contribution in [-0.4, -0.2) is 49.1 Å². The van der Waals surface area contributed by atoms with E-state index in [4.69, 9.17) is 0 Å². The number of hydrogen-bond donors (Lipinski definition) is 3. The molecule has 3 aromatic heterocycles. The van der Waals surface area contributed by atoms with Gasteiger partial charge in [-0.1, -0.05) is 0 Å². The van der Waals surface area contributed by atoms with Gasteiger partial charge in [0.05, 0.1) is 16.0 Å². The Balaban J connectivity index is 2.13. The molecule has 0 bridgehead atoms. The average Bonchev–Trinajstić information content (AvgIpc) is 3.23. The molecule has 15 heteroatoms. The lowest BCUT2D eigenvalue weighted by molar-refractivity contribution is -0.384. The fraction of sp³-hybridized carbons (Fsp3) is 0.0833. The molecule has 0 saturated carbocycles. The van der Waals surface area contributed by atoms with Crippen LogP contribution in [0.2, 0.25) is 0 Å². The van der Waals surface area contributed by atoms with Crippen molar-refractivity contribution in [1.29, 1.82) is 0 Å². The predicted molar refractivity (Wildman–Crippen MR) is 88.4 cm³/mol. The van der Waals surface area contributed by atoms with Gasteiger partial charge in [-0.05, 0) is 6.07 Å². The maximum atomic E-state index is 12.2. The van der Waals surface area contributed by atoms with Gasteiger partial charge in [-0.2, -0.15) is 5.10 Å². The molecule has 0 amide bonds. The van der Waals surface area contributed by atoms with Crippen LogP contribution in [-0.2, 0) is 10.7 Å². The summed E-state index contributed by atoms with van der Waals surface area (Å²) < 4.78 is 13.7. The zero-order valence-electron chi connectivity index (χ0n) is 13.1. The molecule has 0 fully saturated rings. The first-order chi connectivity index (χ1) is 12.7. The molecular weight excluding hydrogens is 383 g/mol. The Morgan fingerprint density at radius 1 is 1.30 bits per heavy atom. The van der Waals surface area contributed by atoms with Crippen molar-refractivity contribution in [3.8, 4) is 5.69 Å². The first-order valence-corrected chi connectivity index (χ1v) is 9.02. The third-order valence-electron chi connectivity index (χ3n) is 3.72. The van der Waals surface area contributed by atoms with Crippen molar-refractivity contribution in [3.05, 3.63) is 51.1 Å². The lowest BCUT2D eigenvalue weighted by Gasteiger charge is -2.08. The summed E-state index contributed by atoms with van der Waals surface area (Å²) in [7, 11) is -4.51. The topological polar surface area (TPSA) is 194 Å². The first kappa shape index (κ1) is 17.0. The minimum Gasteiger partial charge on any atom is -0.324 e. The largest absolute Gasteiger partial charge is 0.333 e. The molecule has 0 spiro atoms. The van der Waals surface area contributed by atoms with Crippen LogP contribution in [0.15, 0.2) is 29.6 Å².